The van der Waals surface area contributed by atoms with Crippen LogP contribution in [-0.4, -0.2) is 0 Å². The Balaban J connectivity index is 1.05. The van der Waals surface area contributed by atoms with Crippen molar-refractivity contribution in [3.05, 3.63) is 205 Å². The molecule has 0 amide bonds. The maximum Gasteiger partial charge on any atom is 0.135 e. The van der Waals surface area contributed by atoms with E-state index in [1.165, 1.54) is 99.1 Å². The van der Waals surface area contributed by atoms with Crippen molar-refractivity contribution in [2.24, 2.45) is 0 Å². The Morgan fingerprint density at radius 1 is 0.328 bits per heavy atom. The summed E-state index contributed by atoms with van der Waals surface area (Å²) in [6.07, 6.45) is 0. The lowest BCUT2D eigenvalue weighted by atomic mass is 9.78. The van der Waals surface area contributed by atoms with Crippen LogP contribution in [0.4, 0.5) is 0 Å². The number of furan rings is 1. The van der Waals surface area contributed by atoms with Crippen molar-refractivity contribution < 1.29 is 4.42 Å². The average Bonchev–Trinajstić information content (AvgIpc) is 3.75. The lowest BCUT2D eigenvalue weighted by Gasteiger charge is -2.25. The first-order chi connectivity index (χ1) is 28.5. The smallest absolute Gasteiger partial charge is 0.135 e. The van der Waals surface area contributed by atoms with Crippen molar-refractivity contribution in [3.8, 4) is 55.6 Å². The lowest BCUT2D eigenvalue weighted by Crippen LogP contribution is -2.16. The summed E-state index contributed by atoms with van der Waals surface area (Å²) in [4.78, 5) is 0. The molecule has 0 fully saturated rings. The molecule has 1 aliphatic carbocycles. The highest BCUT2D eigenvalue weighted by Crippen LogP contribution is 2.54. The molecule has 272 valence electrons. The van der Waals surface area contributed by atoms with Crippen molar-refractivity contribution in [1.29, 1.82) is 0 Å². The van der Waals surface area contributed by atoms with Crippen molar-refractivity contribution in [1.82, 2.24) is 0 Å². The van der Waals surface area contributed by atoms with Crippen LogP contribution in [0.25, 0.3) is 110 Å². The molecular formula is C57H38O. The normalized spacial score (nSPS) is 13.1. The largest absolute Gasteiger partial charge is 0.456 e. The highest BCUT2D eigenvalue weighted by molar-refractivity contribution is 6.22. The fraction of sp³-hybridized carbons (Fsp3) is 0.0526. The van der Waals surface area contributed by atoms with Crippen LogP contribution in [0.1, 0.15) is 25.0 Å². The van der Waals surface area contributed by atoms with E-state index >= 15 is 0 Å². The summed E-state index contributed by atoms with van der Waals surface area (Å²) in [5.41, 5.74) is 17.0. The molecule has 0 saturated heterocycles. The van der Waals surface area contributed by atoms with Gasteiger partial charge >= 0.3 is 0 Å². The van der Waals surface area contributed by atoms with Gasteiger partial charge in [0.1, 0.15) is 11.2 Å². The zero-order valence-corrected chi connectivity index (χ0v) is 32.4. The molecule has 0 saturated carbocycles. The highest BCUT2D eigenvalue weighted by atomic mass is 16.3. The second kappa shape index (κ2) is 12.4. The predicted molar refractivity (Wildman–Crippen MR) is 246 cm³/mol. The number of para-hydroxylation sites is 1. The van der Waals surface area contributed by atoms with Crippen LogP contribution < -0.4 is 0 Å². The van der Waals surface area contributed by atoms with E-state index in [1.54, 1.807) is 0 Å². The van der Waals surface area contributed by atoms with Crippen molar-refractivity contribution in [3.63, 3.8) is 0 Å². The molecule has 0 aliphatic heterocycles. The molecule has 0 unspecified atom stereocenters. The van der Waals surface area contributed by atoms with Gasteiger partial charge in [-0.05, 0) is 135 Å². The Kier molecular flexibility index (Phi) is 7.04. The van der Waals surface area contributed by atoms with Crippen molar-refractivity contribution in [2.75, 3.05) is 0 Å². The van der Waals surface area contributed by atoms with E-state index in [0.717, 1.165) is 21.9 Å². The first-order valence-corrected chi connectivity index (χ1v) is 20.3. The van der Waals surface area contributed by atoms with E-state index in [0.29, 0.717) is 0 Å². The Morgan fingerprint density at radius 2 is 0.862 bits per heavy atom. The van der Waals surface area contributed by atoms with Gasteiger partial charge in [-0.2, -0.15) is 0 Å². The third-order valence-corrected chi connectivity index (χ3v) is 12.8. The minimum absolute atomic E-state index is 0.148. The standard InChI is InChI=1S/C57H38O/c1-57(2)51-34-36-16-4-3-15-35(36)32-49(51)48-27-14-26-41(56(48)57)37-17-13-18-39(31-37)54-44-22-7-9-24-46(44)55(47-25-10-8-23-45(47)54)43-21-6-5-19-40(43)38-29-30-53-50(33-38)42-20-11-12-28-52(42)58-53/h3-34H,1-2H3. The SMILES string of the molecule is CC1(C)c2cc3ccccc3cc2-c2cccc(-c3cccc(-c4c5ccccc5c(-c5ccccc5-c5ccc6oc7ccccc7c6c5)c5ccccc45)c3)c21. The molecule has 0 radical (unpaired) electrons. The van der Waals surface area contributed by atoms with Gasteiger partial charge in [0.15, 0.2) is 0 Å². The number of rotatable bonds is 4. The molecule has 0 spiro atoms. The van der Waals surface area contributed by atoms with Gasteiger partial charge in [0.05, 0.1) is 0 Å². The summed E-state index contributed by atoms with van der Waals surface area (Å²) in [6, 6.07) is 71.5. The molecule has 0 atom stereocenters. The number of hydrogen-bond acceptors (Lipinski definition) is 1. The minimum atomic E-state index is -0.148. The molecular weight excluding hydrogens is 701 g/mol. The number of benzene rings is 10. The third kappa shape index (κ3) is 4.77. The van der Waals surface area contributed by atoms with Gasteiger partial charge in [0.2, 0.25) is 0 Å². The van der Waals surface area contributed by atoms with Crippen LogP contribution >= 0.6 is 0 Å². The summed E-state index contributed by atoms with van der Waals surface area (Å²) in [5.74, 6) is 0. The quantitative estimate of drug-likeness (QED) is 0.164. The summed E-state index contributed by atoms with van der Waals surface area (Å²) in [7, 11) is 0. The Bertz CT molecular complexity index is 3430. The van der Waals surface area contributed by atoms with Gasteiger partial charge in [-0.1, -0.05) is 172 Å². The van der Waals surface area contributed by atoms with E-state index < -0.39 is 0 Å². The summed E-state index contributed by atoms with van der Waals surface area (Å²) >= 11 is 0. The fourth-order valence-electron chi connectivity index (χ4n) is 10.2. The van der Waals surface area contributed by atoms with Gasteiger partial charge in [0, 0.05) is 16.2 Å². The molecule has 0 N–H and O–H groups in total. The van der Waals surface area contributed by atoms with E-state index in [9.17, 15) is 0 Å². The van der Waals surface area contributed by atoms with Gasteiger partial charge in [-0.3, -0.25) is 0 Å². The monoisotopic (exact) mass is 738 g/mol. The summed E-state index contributed by atoms with van der Waals surface area (Å²) < 4.78 is 6.23. The second-order valence-electron chi connectivity index (χ2n) is 16.4. The molecule has 1 aliphatic rings. The molecule has 1 heteroatoms. The van der Waals surface area contributed by atoms with E-state index in [2.05, 4.69) is 196 Å². The van der Waals surface area contributed by atoms with Crippen LogP contribution in [0.15, 0.2) is 199 Å². The first-order valence-electron chi connectivity index (χ1n) is 20.3. The number of hydrogen-bond donors (Lipinski definition) is 0. The molecule has 12 rings (SSSR count). The van der Waals surface area contributed by atoms with Gasteiger partial charge in [-0.15, -0.1) is 0 Å². The van der Waals surface area contributed by atoms with Crippen LogP contribution in [0.5, 0.6) is 0 Å². The zero-order chi connectivity index (χ0) is 38.5. The Morgan fingerprint density at radius 3 is 1.62 bits per heavy atom. The van der Waals surface area contributed by atoms with E-state index in [-0.39, 0.29) is 5.41 Å². The van der Waals surface area contributed by atoms with Gasteiger partial charge in [0.25, 0.3) is 0 Å². The third-order valence-electron chi connectivity index (χ3n) is 12.8. The van der Waals surface area contributed by atoms with E-state index in [4.69, 9.17) is 4.42 Å². The predicted octanol–water partition coefficient (Wildman–Crippen LogP) is 16.0. The molecule has 1 nitrogen and oxygen atoms in total. The Labute approximate surface area is 337 Å². The lowest BCUT2D eigenvalue weighted by molar-refractivity contribution is 0.663. The van der Waals surface area contributed by atoms with Crippen LogP contribution in [0.3, 0.4) is 0 Å². The summed E-state index contributed by atoms with van der Waals surface area (Å²) in [5, 5.41) is 9.84. The fourth-order valence-corrected chi connectivity index (χ4v) is 10.2. The Hall–Kier alpha value is -7.22. The molecule has 0 bridgehead atoms. The van der Waals surface area contributed by atoms with Crippen molar-refractivity contribution in [2.45, 2.75) is 19.3 Å². The maximum atomic E-state index is 6.23. The van der Waals surface area contributed by atoms with Gasteiger partial charge in [-0.25, -0.2) is 0 Å². The van der Waals surface area contributed by atoms with E-state index in [1.807, 2.05) is 12.1 Å². The van der Waals surface area contributed by atoms with Crippen LogP contribution in [-0.2, 0) is 5.41 Å². The molecule has 10 aromatic carbocycles. The van der Waals surface area contributed by atoms with Crippen molar-refractivity contribution >= 4 is 54.3 Å². The zero-order valence-electron chi connectivity index (χ0n) is 32.4. The molecule has 11 aromatic rings. The topological polar surface area (TPSA) is 13.1 Å². The minimum Gasteiger partial charge on any atom is -0.456 e. The van der Waals surface area contributed by atoms with Crippen LogP contribution in [0.2, 0.25) is 0 Å². The second-order valence-corrected chi connectivity index (χ2v) is 16.4. The molecule has 1 heterocycles. The molecule has 1 aromatic heterocycles. The average molecular weight is 739 g/mol. The van der Waals surface area contributed by atoms with Crippen LogP contribution in [0, 0.1) is 0 Å². The maximum absolute atomic E-state index is 6.23. The van der Waals surface area contributed by atoms with Gasteiger partial charge < -0.3 is 4.42 Å². The highest BCUT2D eigenvalue weighted by Gasteiger charge is 2.38. The first kappa shape index (κ1) is 33.0. The summed E-state index contributed by atoms with van der Waals surface area (Å²) in [6.45, 7) is 4.79. The molecule has 58 heavy (non-hydrogen) atoms. The number of fused-ring (bicyclic) bond motifs is 9.